The average Bonchev–Trinajstić information content (AvgIpc) is 3.40. The third-order valence-electron chi connectivity index (χ3n) is 5.28. The lowest BCUT2D eigenvalue weighted by atomic mass is 10.0. The second kappa shape index (κ2) is 7.14. The van der Waals surface area contributed by atoms with Crippen molar-refractivity contribution in [2.75, 3.05) is 6.54 Å². The molecule has 2 aromatic carbocycles. The van der Waals surface area contributed by atoms with Crippen LogP contribution in [0, 0.1) is 27.7 Å². The highest BCUT2D eigenvalue weighted by atomic mass is 19.1. The number of hydrogen-bond donors (Lipinski definition) is 0. The number of carbonyl (C=O) groups is 1. The fourth-order valence-electron chi connectivity index (χ4n) is 3.72. The van der Waals surface area contributed by atoms with E-state index in [4.69, 9.17) is 0 Å². The quantitative estimate of drug-likeness (QED) is 0.578. The fraction of sp³-hybridized carbons (Fsp3) is 0.286. The van der Waals surface area contributed by atoms with Crippen molar-refractivity contribution < 1.29 is 18.5 Å². The topological polar surface area (TPSA) is 63.4 Å². The van der Waals surface area contributed by atoms with Crippen molar-refractivity contribution in [3.63, 3.8) is 0 Å². The maximum Gasteiger partial charge on any atom is 0.298 e. The van der Waals surface area contributed by atoms with E-state index >= 15 is 0 Å². The van der Waals surface area contributed by atoms with E-state index in [-0.39, 0.29) is 18.0 Å². The van der Waals surface area contributed by atoms with Crippen LogP contribution in [0.25, 0.3) is 5.57 Å². The molecule has 2 aromatic rings. The largest absolute Gasteiger partial charge is 0.322 e. The highest BCUT2D eigenvalue weighted by Gasteiger charge is 2.49. The molecule has 1 amide bonds. The second-order valence-electron chi connectivity index (χ2n) is 7.21. The van der Waals surface area contributed by atoms with E-state index in [0.29, 0.717) is 18.4 Å². The molecule has 0 radical (unpaired) electrons. The number of rotatable bonds is 5. The van der Waals surface area contributed by atoms with Crippen molar-refractivity contribution in [3.8, 4) is 0 Å². The van der Waals surface area contributed by atoms with Crippen LogP contribution in [0.3, 0.4) is 0 Å². The van der Waals surface area contributed by atoms with Crippen molar-refractivity contribution in [3.05, 3.63) is 87.5 Å². The average molecular weight is 384 g/mol. The molecule has 5 nitrogen and oxygen atoms in total. The Hall–Kier alpha value is -3.09. The Morgan fingerprint density at radius 3 is 2.50 bits per heavy atom. The molecule has 0 spiro atoms. The van der Waals surface area contributed by atoms with Gasteiger partial charge in [-0.25, -0.2) is 8.78 Å². The van der Waals surface area contributed by atoms with E-state index in [9.17, 15) is 23.7 Å². The van der Waals surface area contributed by atoms with Crippen LogP contribution < -0.4 is 0 Å². The number of hydrogen-bond acceptors (Lipinski definition) is 3. The van der Waals surface area contributed by atoms with Crippen molar-refractivity contribution in [2.45, 2.75) is 24.9 Å². The summed E-state index contributed by atoms with van der Waals surface area (Å²) >= 11 is 0. The van der Waals surface area contributed by atoms with Gasteiger partial charge < -0.3 is 4.90 Å². The maximum atomic E-state index is 14.3. The number of amides is 1. The van der Waals surface area contributed by atoms with Crippen LogP contribution in [0.1, 0.15) is 30.0 Å². The molecule has 144 valence electrons. The molecule has 1 saturated carbocycles. The third kappa shape index (κ3) is 3.40. The Kier molecular flexibility index (Phi) is 4.66. The Morgan fingerprint density at radius 2 is 1.86 bits per heavy atom. The minimum absolute atomic E-state index is 0.00414. The van der Waals surface area contributed by atoms with Gasteiger partial charge in [-0.2, -0.15) is 0 Å². The molecule has 2 atom stereocenters. The molecule has 1 fully saturated rings. The zero-order chi connectivity index (χ0) is 19.8. The summed E-state index contributed by atoms with van der Waals surface area (Å²) in [7, 11) is 0. The molecule has 0 saturated heterocycles. The Morgan fingerprint density at radius 1 is 1.14 bits per heavy atom. The van der Waals surface area contributed by atoms with Crippen molar-refractivity contribution in [1.82, 2.24) is 4.90 Å². The number of nitro groups is 1. The van der Waals surface area contributed by atoms with Gasteiger partial charge >= 0.3 is 0 Å². The number of halogens is 2. The van der Waals surface area contributed by atoms with Crippen LogP contribution >= 0.6 is 0 Å². The first-order valence-corrected chi connectivity index (χ1v) is 9.10. The third-order valence-corrected chi connectivity index (χ3v) is 5.28. The standard InChI is InChI=1S/C21H18F2N2O3/c22-16-8-9-18(23)17(11-16)15-10-19(13-4-2-1-3-5-13)24(12-15)21(26)20(25(27)28)14-6-7-14/h1-5,8-11,14,19-20H,6-7,12H2. The van der Waals surface area contributed by atoms with Gasteiger partial charge in [0, 0.05) is 22.9 Å². The second-order valence-corrected chi connectivity index (χ2v) is 7.21. The van der Waals surface area contributed by atoms with Crippen molar-refractivity contribution in [2.24, 2.45) is 5.92 Å². The van der Waals surface area contributed by atoms with Gasteiger partial charge in [0.25, 0.3) is 11.9 Å². The van der Waals surface area contributed by atoms with Gasteiger partial charge in [0.1, 0.15) is 11.6 Å². The predicted molar refractivity (Wildman–Crippen MR) is 98.7 cm³/mol. The van der Waals surface area contributed by atoms with E-state index in [1.165, 1.54) is 4.90 Å². The van der Waals surface area contributed by atoms with Crippen molar-refractivity contribution in [1.29, 1.82) is 0 Å². The normalized spacial score (nSPS) is 20.0. The highest BCUT2D eigenvalue weighted by Crippen LogP contribution is 2.40. The van der Waals surface area contributed by atoms with E-state index < -0.39 is 34.5 Å². The molecule has 7 heteroatoms. The summed E-state index contributed by atoms with van der Waals surface area (Å²) in [5.74, 6) is -2.01. The van der Waals surface area contributed by atoms with Gasteiger partial charge in [0.05, 0.1) is 6.04 Å². The summed E-state index contributed by atoms with van der Waals surface area (Å²) in [4.78, 5) is 25.4. The minimum Gasteiger partial charge on any atom is -0.322 e. The minimum atomic E-state index is -1.30. The fourth-order valence-corrected chi connectivity index (χ4v) is 3.72. The molecule has 1 aliphatic heterocycles. The van der Waals surface area contributed by atoms with E-state index in [0.717, 1.165) is 23.8 Å². The number of nitrogens with zero attached hydrogens (tertiary/aromatic N) is 2. The van der Waals surface area contributed by atoms with E-state index in [1.54, 1.807) is 18.2 Å². The van der Waals surface area contributed by atoms with E-state index in [2.05, 4.69) is 0 Å². The van der Waals surface area contributed by atoms with Crippen LogP contribution in [0.4, 0.5) is 8.78 Å². The molecule has 2 aliphatic rings. The Labute approximate surface area is 160 Å². The van der Waals surface area contributed by atoms with Gasteiger partial charge in [-0.1, -0.05) is 36.4 Å². The summed E-state index contributed by atoms with van der Waals surface area (Å²) in [5.41, 5.74) is 1.28. The van der Waals surface area contributed by atoms with E-state index in [1.807, 2.05) is 18.2 Å². The summed E-state index contributed by atoms with van der Waals surface area (Å²) in [6.07, 6.45) is 3.00. The summed E-state index contributed by atoms with van der Waals surface area (Å²) < 4.78 is 27.9. The van der Waals surface area contributed by atoms with Crippen LogP contribution in [0.5, 0.6) is 0 Å². The molecule has 1 heterocycles. The molecular weight excluding hydrogens is 366 g/mol. The molecule has 0 bridgehead atoms. The molecule has 0 aromatic heterocycles. The van der Waals surface area contributed by atoms with Gasteiger partial charge in [-0.05, 0) is 42.2 Å². The molecule has 28 heavy (non-hydrogen) atoms. The molecule has 2 unspecified atom stereocenters. The molecular formula is C21H18F2N2O3. The monoisotopic (exact) mass is 384 g/mol. The Bertz CT molecular complexity index is 957. The van der Waals surface area contributed by atoms with Gasteiger partial charge in [-0.15, -0.1) is 0 Å². The SMILES string of the molecule is O=C(C(C1CC1)[N+](=O)[O-])N1CC(c2cc(F)ccc2F)=CC1c1ccccc1. The van der Waals surface area contributed by atoms with Crippen LogP contribution in [0.2, 0.25) is 0 Å². The molecule has 0 N–H and O–H groups in total. The smallest absolute Gasteiger partial charge is 0.298 e. The van der Waals surface area contributed by atoms with Crippen LogP contribution in [-0.2, 0) is 4.79 Å². The lowest BCUT2D eigenvalue weighted by Crippen LogP contribution is -2.44. The Balaban J connectivity index is 1.73. The zero-order valence-electron chi connectivity index (χ0n) is 14.9. The molecule has 1 aliphatic carbocycles. The first-order chi connectivity index (χ1) is 13.5. The lowest BCUT2D eigenvalue weighted by Gasteiger charge is -2.26. The number of benzene rings is 2. The predicted octanol–water partition coefficient (Wildman–Crippen LogP) is 3.99. The maximum absolute atomic E-state index is 14.3. The summed E-state index contributed by atoms with van der Waals surface area (Å²) in [6, 6.07) is 10.4. The molecule has 4 rings (SSSR count). The lowest BCUT2D eigenvalue weighted by molar-refractivity contribution is -0.513. The summed E-state index contributed by atoms with van der Waals surface area (Å²) in [5, 5.41) is 11.5. The van der Waals surface area contributed by atoms with Gasteiger partial charge in [-0.3, -0.25) is 14.9 Å². The first-order valence-electron chi connectivity index (χ1n) is 9.10. The highest BCUT2D eigenvalue weighted by molar-refractivity contribution is 5.86. The zero-order valence-corrected chi connectivity index (χ0v) is 14.9. The first kappa shape index (κ1) is 18.3. The van der Waals surface area contributed by atoms with Crippen LogP contribution in [0.15, 0.2) is 54.6 Å². The van der Waals surface area contributed by atoms with Crippen molar-refractivity contribution >= 4 is 11.5 Å². The number of carbonyl (C=O) groups excluding carboxylic acids is 1. The van der Waals surface area contributed by atoms with Gasteiger partial charge in [0.2, 0.25) is 0 Å². The van der Waals surface area contributed by atoms with Crippen LogP contribution in [-0.4, -0.2) is 28.3 Å². The summed E-state index contributed by atoms with van der Waals surface area (Å²) in [6.45, 7) is -0.00414. The van der Waals surface area contributed by atoms with Gasteiger partial charge in [0.15, 0.2) is 0 Å².